The molecule has 1 N–H and O–H groups in total. The highest BCUT2D eigenvalue weighted by Crippen LogP contribution is 2.31. The van der Waals surface area contributed by atoms with E-state index in [-0.39, 0.29) is 5.75 Å². The van der Waals surface area contributed by atoms with E-state index in [1.807, 2.05) is 6.92 Å². The predicted molar refractivity (Wildman–Crippen MR) is 55.3 cm³/mol. The number of rotatable bonds is 8. The normalized spacial score (nSPS) is 18.3. The highest BCUT2D eigenvalue weighted by atomic mass is 32.2. The minimum absolute atomic E-state index is 0.0191. The summed E-state index contributed by atoms with van der Waals surface area (Å²) in [5, 5.41) is 8.66. The van der Waals surface area contributed by atoms with Crippen molar-refractivity contribution in [2.75, 3.05) is 11.5 Å². The Kier molecular flexibility index (Phi) is 4.28. The van der Waals surface area contributed by atoms with Crippen LogP contribution in [-0.4, -0.2) is 36.8 Å². The smallest absolute Gasteiger partial charge is 0.371 e. The van der Waals surface area contributed by atoms with Crippen LogP contribution >= 0.6 is 0 Å². The van der Waals surface area contributed by atoms with Crippen LogP contribution in [0.25, 0.3) is 0 Å². The van der Waals surface area contributed by atoms with Crippen molar-refractivity contribution in [1.82, 2.24) is 0 Å². The first-order chi connectivity index (χ1) is 7.42. The fourth-order valence-corrected chi connectivity index (χ4v) is 2.93. The van der Waals surface area contributed by atoms with Crippen LogP contribution < -0.4 is 0 Å². The molecule has 1 aliphatic rings. The summed E-state index contributed by atoms with van der Waals surface area (Å²) >= 11 is 0. The van der Waals surface area contributed by atoms with Gasteiger partial charge in [0.1, 0.15) is 5.75 Å². The summed E-state index contributed by atoms with van der Waals surface area (Å²) < 4.78 is 23.1. The molecule has 0 amide bonds. The zero-order chi connectivity index (χ0) is 12.2. The zero-order valence-corrected chi connectivity index (χ0v) is 9.96. The van der Waals surface area contributed by atoms with E-state index in [1.54, 1.807) is 0 Å². The van der Waals surface area contributed by atoms with Gasteiger partial charge in [0.25, 0.3) is 0 Å². The monoisotopic (exact) mass is 252 g/mol. The molecule has 0 atom stereocenters. The summed E-state index contributed by atoms with van der Waals surface area (Å²) in [5.41, 5.74) is 0. The van der Waals surface area contributed by atoms with Crippen LogP contribution in [0.4, 0.5) is 0 Å². The molecule has 0 aromatic carbocycles. The summed E-state index contributed by atoms with van der Waals surface area (Å²) in [7, 11) is -3.43. The lowest BCUT2D eigenvalue weighted by Crippen LogP contribution is -2.33. The molecule has 0 spiro atoms. The number of aliphatic carboxylic acids is 1. The van der Waals surface area contributed by atoms with Crippen molar-refractivity contribution in [2.45, 2.75) is 38.4 Å². The Bertz CT molecular complexity index is 343. The average molecular weight is 252 g/mol. The third-order valence-corrected chi connectivity index (χ3v) is 4.06. The third kappa shape index (κ3) is 3.73. The Morgan fingerprint density at radius 3 is 2.31 bits per heavy atom. The van der Waals surface area contributed by atoms with E-state index in [4.69, 9.17) is 5.11 Å². The fourth-order valence-electron chi connectivity index (χ4n) is 1.34. The van der Waals surface area contributed by atoms with Gasteiger partial charge in [0.05, 0.1) is 5.75 Å². The summed E-state index contributed by atoms with van der Waals surface area (Å²) in [6, 6.07) is 0. The maximum Gasteiger partial charge on any atom is 0.371 e. The van der Waals surface area contributed by atoms with E-state index in [9.17, 15) is 13.2 Å². The Morgan fingerprint density at radius 2 is 1.88 bits per heavy atom. The topological polar surface area (TPSA) is 96.5 Å². The second-order valence-corrected chi connectivity index (χ2v) is 6.06. The molecule has 1 heterocycles. The highest BCUT2D eigenvalue weighted by molar-refractivity contribution is 7.91. The molecule has 94 valence electrons. The van der Waals surface area contributed by atoms with Crippen LogP contribution in [-0.2, 0) is 24.4 Å². The van der Waals surface area contributed by atoms with E-state index in [2.05, 4.69) is 9.78 Å². The first-order valence-corrected chi connectivity index (χ1v) is 7.05. The Labute approximate surface area is 94.4 Å². The molecule has 0 aromatic heterocycles. The van der Waals surface area contributed by atoms with Crippen molar-refractivity contribution < 1.29 is 28.1 Å². The van der Waals surface area contributed by atoms with E-state index in [0.29, 0.717) is 6.42 Å². The molecule has 1 aliphatic heterocycles. The maximum atomic E-state index is 11.5. The lowest BCUT2D eigenvalue weighted by atomic mass is 10.2. The van der Waals surface area contributed by atoms with Crippen molar-refractivity contribution in [2.24, 2.45) is 0 Å². The fraction of sp³-hybridized carbons (Fsp3) is 0.889. The van der Waals surface area contributed by atoms with Crippen molar-refractivity contribution >= 4 is 15.8 Å². The van der Waals surface area contributed by atoms with Crippen LogP contribution in [0.3, 0.4) is 0 Å². The van der Waals surface area contributed by atoms with E-state index in [1.165, 1.54) is 0 Å². The number of hydrogen-bond donors (Lipinski definition) is 1. The van der Waals surface area contributed by atoms with Gasteiger partial charge in [-0.2, -0.15) is 9.78 Å². The van der Waals surface area contributed by atoms with Gasteiger partial charge >= 0.3 is 11.8 Å². The molecule has 16 heavy (non-hydrogen) atoms. The Morgan fingerprint density at radius 1 is 1.25 bits per heavy atom. The van der Waals surface area contributed by atoms with Gasteiger partial charge in [-0.05, 0) is 6.42 Å². The summed E-state index contributed by atoms with van der Waals surface area (Å²) in [4.78, 5) is 19.1. The second kappa shape index (κ2) is 5.11. The SMILES string of the molecule is CCCCCCS(=O)(=O)CC1(C(=O)O)OO1. The van der Waals surface area contributed by atoms with E-state index >= 15 is 0 Å². The molecule has 6 nitrogen and oxygen atoms in total. The highest BCUT2D eigenvalue weighted by Gasteiger charge is 2.60. The molecule has 7 heteroatoms. The summed E-state index contributed by atoms with van der Waals surface area (Å²) in [6.07, 6.45) is 3.38. The summed E-state index contributed by atoms with van der Waals surface area (Å²) in [6.45, 7) is 2.03. The molecule has 1 rings (SSSR count). The average Bonchev–Trinajstić information content (AvgIpc) is 2.93. The second-order valence-electron chi connectivity index (χ2n) is 3.88. The van der Waals surface area contributed by atoms with Gasteiger partial charge in [-0.3, -0.25) is 0 Å². The quantitative estimate of drug-likeness (QED) is 0.388. The van der Waals surface area contributed by atoms with Gasteiger partial charge in [0.2, 0.25) is 0 Å². The maximum absolute atomic E-state index is 11.5. The van der Waals surface area contributed by atoms with Crippen LogP contribution in [0.5, 0.6) is 0 Å². The largest absolute Gasteiger partial charge is 0.477 e. The molecule has 0 radical (unpaired) electrons. The number of carboxylic acids is 1. The number of unbranched alkanes of at least 4 members (excludes halogenated alkanes) is 3. The summed E-state index contributed by atoms with van der Waals surface area (Å²) in [5.74, 6) is -3.97. The standard InChI is InChI=1S/C9H16O6S/c1-2-3-4-5-6-16(12,13)7-9(8(10)11)14-15-9/h2-7H2,1H3,(H,10,11). The van der Waals surface area contributed by atoms with Gasteiger partial charge in [-0.15, -0.1) is 0 Å². The molecule has 0 saturated carbocycles. The van der Waals surface area contributed by atoms with Crippen LogP contribution in [0.15, 0.2) is 0 Å². The van der Waals surface area contributed by atoms with Crippen molar-refractivity contribution in [3.63, 3.8) is 0 Å². The molecular formula is C9H16O6S. The molecular weight excluding hydrogens is 236 g/mol. The van der Waals surface area contributed by atoms with Crippen LogP contribution in [0.2, 0.25) is 0 Å². The van der Waals surface area contributed by atoms with Gasteiger partial charge in [0, 0.05) is 0 Å². The number of sulfone groups is 1. The van der Waals surface area contributed by atoms with Crippen molar-refractivity contribution in [3.8, 4) is 0 Å². The van der Waals surface area contributed by atoms with E-state index in [0.717, 1.165) is 19.3 Å². The number of carbonyl (C=O) groups is 1. The van der Waals surface area contributed by atoms with Crippen molar-refractivity contribution in [1.29, 1.82) is 0 Å². The molecule has 1 fully saturated rings. The van der Waals surface area contributed by atoms with E-state index < -0.39 is 27.3 Å². The first kappa shape index (κ1) is 13.4. The number of hydrogen-bond acceptors (Lipinski definition) is 5. The van der Waals surface area contributed by atoms with Gasteiger partial charge < -0.3 is 5.11 Å². The third-order valence-electron chi connectivity index (χ3n) is 2.33. The number of carboxylic acid groups (broad SMARTS) is 1. The molecule has 0 unspecified atom stereocenters. The Hall–Kier alpha value is -0.660. The van der Waals surface area contributed by atoms with Gasteiger partial charge in [0.15, 0.2) is 9.84 Å². The lowest BCUT2D eigenvalue weighted by Gasteiger charge is -2.04. The van der Waals surface area contributed by atoms with Crippen LogP contribution in [0, 0.1) is 0 Å². The lowest BCUT2D eigenvalue weighted by molar-refractivity contribution is -0.143. The van der Waals surface area contributed by atoms with Gasteiger partial charge in [-0.25, -0.2) is 13.2 Å². The first-order valence-electron chi connectivity index (χ1n) is 5.22. The minimum atomic E-state index is -3.43. The Balaban J connectivity index is 2.38. The molecule has 0 aliphatic carbocycles. The zero-order valence-electron chi connectivity index (χ0n) is 9.14. The predicted octanol–water partition coefficient (Wildman–Crippen LogP) is 0.724. The molecule has 1 saturated heterocycles. The molecule has 0 aromatic rings. The minimum Gasteiger partial charge on any atom is -0.477 e. The van der Waals surface area contributed by atoms with Crippen LogP contribution in [0.1, 0.15) is 32.6 Å². The van der Waals surface area contributed by atoms with Gasteiger partial charge in [-0.1, -0.05) is 26.2 Å². The van der Waals surface area contributed by atoms with Crippen molar-refractivity contribution in [3.05, 3.63) is 0 Å². The molecule has 0 bridgehead atoms.